The van der Waals surface area contributed by atoms with Crippen LogP contribution in [0.15, 0.2) is 18.2 Å². The normalized spacial score (nSPS) is 21.5. The molecule has 0 saturated carbocycles. The number of nitrogens with one attached hydrogen (secondary N) is 2. The van der Waals surface area contributed by atoms with Crippen LogP contribution in [0.2, 0.25) is 0 Å². The van der Waals surface area contributed by atoms with Crippen molar-refractivity contribution in [3.63, 3.8) is 0 Å². The van der Waals surface area contributed by atoms with Crippen LogP contribution in [-0.4, -0.2) is 45.1 Å². The molecule has 1 aromatic carbocycles. The van der Waals surface area contributed by atoms with Crippen molar-refractivity contribution in [1.82, 2.24) is 10.6 Å². The number of piperidine rings is 1. The van der Waals surface area contributed by atoms with Crippen LogP contribution >= 0.6 is 12.4 Å². The molecule has 2 aliphatic rings. The molecule has 2 saturated heterocycles. The lowest BCUT2D eigenvalue weighted by Gasteiger charge is -2.34. The van der Waals surface area contributed by atoms with Gasteiger partial charge in [-0.2, -0.15) is 0 Å². The zero-order valence-electron chi connectivity index (χ0n) is 16.3. The topological polar surface area (TPSA) is 70.7 Å². The number of hydrogen-bond acceptors (Lipinski definition) is 4. The first-order valence-electron chi connectivity index (χ1n) is 9.35. The lowest BCUT2D eigenvalue weighted by Crippen LogP contribution is -2.44. The van der Waals surface area contributed by atoms with Crippen LogP contribution in [0.4, 0.5) is 5.69 Å². The van der Waals surface area contributed by atoms with Crippen LogP contribution in [0.1, 0.15) is 31.7 Å². The first-order chi connectivity index (χ1) is 12.4. The van der Waals surface area contributed by atoms with Crippen LogP contribution in [0, 0.1) is 18.3 Å². The molecule has 0 aliphatic carbocycles. The Morgan fingerprint density at radius 1 is 1.37 bits per heavy atom. The number of amides is 2. The summed E-state index contributed by atoms with van der Waals surface area (Å²) in [6, 6.07) is 5.75. The third-order valence-corrected chi connectivity index (χ3v) is 5.62. The van der Waals surface area contributed by atoms with Crippen LogP contribution < -0.4 is 20.3 Å². The summed E-state index contributed by atoms with van der Waals surface area (Å²) >= 11 is 0. The van der Waals surface area contributed by atoms with E-state index in [4.69, 9.17) is 4.74 Å². The van der Waals surface area contributed by atoms with E-state index in [0.29, 0.717) is 18.8 Å². The lowest BCUT2D eigenvalue weighted by atomic mass is 9.81. The molecule has 2 fully saturated rings. The highest BCUT2D eigenvalue weighted by Gasteiger charge is 2.37. The van der Waals surface area contributed by atoms with Gasteiger partial charge in [0, 0.05) is 19.5 Å². The van der Waals surface area contributed by atoms with Crippen molar-refractivity contribution >= 4 is 29.9 Å². The molecular weight excluding hydrogens is 366 g/mol. The van der Waals surface area contributed by atoms with E-state index in [1.54, 1.807) is 12.0 Å². The van der Waals surface area contributed by atoms with Gasteiger partial charge in [0.05, 0.1) is 18.7 Å². The molecule has 27 heavy (non-hydrogen) atoms. The van der Waals surface area contributed by atoms with Crippen LogP contribution in [0.5, 0.6) is 5.75 Å². The third-order valence-electron chi connectivity index (χ3n) is 5.62. The van der Waals surface area contributed by atoms with E-state index in [2.05, 4.69) is 17.6 Å². The Morgan fingerprint density at radius 3 is 2.74 bits per heavy atom. The molecule has 0 radical (unpaired) electrons. The van der Waals surface area contributed by atoms with Gasteiger partial charge in [-0.05, 0) is 56.0 Å². The minimum absolute atomic E-state index is 0. The van der Waals surface area contributed by atoms with Gasteiger partial charge in [0.1, 0.15) is 5.75 Å². The number of halogens is 1. The van der Waals surface area contributed by atoms with Gasteiger partial charge in [0.15, 0.2) is 0 Å². The highest BCUT2D eigenvalue weighted by molar-refractivity contribution is 6.01. The van der Waals surface area contributed by atoms with Gasteiger partial charge in [-0.15, -0.1) is 12.4 Å². The van der Waals surface area contributed by atoms with E-state index in [1.807, 2.05) is 25.1 Å². The largest absolute Gasteiger partial charge is 0.495 e. The predicted molar refractivity (Wildman–Crippen MR) is 109 cm³/mol. The number of carbonyl (C=O) groups excluding carboxylic acids is 2. The van der Waals surface area contributed by atoms with Gasteiger partial charge in [0.2, 0.25) is 11.8 Å². The Bertz CT molecular complexity index is 689. The maximum absolute atomic E-state index is 12.6. The zero-order valence-corrected chi connectivity index (χ0v) is 17.2. The fourth-order valence-electron chi connectivity index (χ4n) is 3.78. The Labute approximate surface area is 167 Å². The predicted octanol–water partition coefficient (Wildman–Crippen LogP) is 2.28. The summed E-state index contributed by atoms with van der Waals surface area (Å²) < 4.78 is 5.40. The summed E-state index contributed by atoms with van der Waals surface area (Å²) in [6.07, 6.45) is 2.37. The summed E-state index contributed by atoms with van der Waals surface area (Å²) in [5, 5.41) is 6.44. The molecule has 150 valence electrons. The number of carbonyl (C=O) groups is 2. The highest BCUT2D eigenvalue weighted by Crippen LogP contribution is 2.34. The van der Waals surface area contributed by atoms with Crippen LogP contribution in [0.25, 0.3) is 0 Å². The minimum Gasteiger partial charge on any atom is -0.495 e. The molecule has 1 atom stereocenters. The monoisotopic (exact) mass is 395 g/mol. The highest BCUT2D eigenvalue weighted by atomic mass is 35.5. The van der Waals surface area contributed by atoms with Gasteiger partial charge in [-0.1, -0.05) is 13.0 Å². The molecule has 2 heterocycles. The number of ether oxygens (including phenoxy) is 1. The molecule has 2 amide bonds. The Morgan fingerprint density at radius 2 is 2.07 bits per heavy atom. The molecule has 6 nitrogen and oxygen atoms in total. The van der Waals surface area contributed by atoms with E-state index >= 15 is 0 Å². The van der Waals surface area contributed by atoms with Gasteiger partial charge in [0.25, 0.3) is 0 Å². The van der Waals surface area contributed by atoms with E-state index < -0.39 is 0 Å². The fraction of sp³-hybridized carbons (Fsp3) is 0.600. The zero-order chi connectivity index (χ0) is 18.7. The average molecular weight is 396 g/mol. The molecule has 0 spiro atoms. The van der Waals surface area contributed by atoms with Crippen molar-refractivity contribution in [2.75, 3.05) is 38.2 Å². The average Bonchev–Trinajstić information content (AvgIpc) is 3.02. The fourth-order valence-corrected chi connectivity index (χ4v) is 3.78. The van der Waals surface area contributed by atoms with Gasteiger partial charge >= 0.3 is 0 Å². The number of hydrogen-bond donors (Lipinski definition) is 2. The second kappa shape index (κ2) is 8.93. The van der Waals surface area contributed by atoms with Gasteiger partial charge in [-0.25, -0.2) is 0 Å². The van der Waals surface area contributed by atoms with Crippen LogP contribution in [-0.2, 0) is 9.59 Å². The van der Waals surface area contributed by atoms with E-state index in [-0.39, 0.29) is 42.0 Å². The first kappa shape index (κ1) is 21.5. The van der Waals surface area contributed by atoms with Gasteiger partial charge in [-0.3, -0.25) is 9.59 Å². The number of benzene rings is 1. The summed E-state index contributed by atoms with van der Waals surface area (Å²) in [5.74, 6) is 0.305. The quantitative estimate of drug-likeness (QED) is 0.802. The second-order valence-corrected chi connectivity index (χ2v) is 7.86. The lowest BCUT2D eigenvalue weighted by molar-refractivity contribution is -0.126. The smallest absolute Gasteiger partial charge is 0.227 e. The Balaban J connectivity index is 0.00000261. The molecule has 2 N–H and O–H groups in total. The molecular formula is C20H30ClN3O3. The Hall–Kier alpha value is -1.79. The van der Waals surface area contributed by atoms with Crippen LogP contribution in [0.3, 0.4) is 0 Å². The maximum atomic E-state index is 12.6. The number of rotatable bonds is 5. The van der Waals surface area contributed by atoms with Gasteiger partial charge < -0.3 is 20.3 Å². The first-order valence-corrected chi connectivity index (χ1v) is 9.35. The van der Waals surface area contributed by atoms with Crippen molar-refractivity contribution in [2.45, 2.75) is 33.1 Å². The standard InChI is InChI=1S/C20H29N3O3.ClH/c1-14-4-5-17(26-3)16(10-14)23-12-15(11-18(23)24)19(25)22-13-20(2)6-8-21-9-7-20;/h4-5,10,15,21H,6-9,11-13H2,1-3H3,(H,22,25);1H. The second-order valence-electron chi connectivity index (χ2n) is 7.86. The van der Waals surface area contributed by atoms with Crippen molar-refractivity contribution < 1.29 is 14.3 Å². The van der Waals surface area contributed by atoms with E-state index in [1.165, 1.54) is 0 Å². The van der Waals surface area contributed by atoms with E-state index in [0.717, 1.165) is 37.2 Å². The maximum Gasteiger partial charge on any atom is 0.227 e. The van der Waals surface area contributed by atoms with E-state index in [9.17, 15) is 9.59 Å². The molecule has 2 aliphatic heterocycles. The number of nitrogens with zero attached hydrogens (tertiary/aromatic N) is 1. The van der Waals surface area contributed by atoms with Crippen molar-refractivity contribution in [2.24, 2.45) is 11.3 Å². The minimum atomic E-state index is -0.307. The third kappa shape index (κ3) is 4.93. The number of anilines is 1. The van der Waals surface area contributed by atoms with Crippen molar-refractivity contribution in [3.8, 4) is 5.75 Å². The molecule has 0 bridgehead atoms. The molecule has 1 aromatic rings. The summed E-state index contributed by atoms with van der Waals surface area (Å²) in [4.78, 5) is 26.8. The van der Waals surface area contributed by atoms with Crippen molar-refractivity contribution in [3.05, 3.63) is 23.8 Å². The summed E-state index contributed by atoms with van der Waals surface area (Å²) in [7, 11) is 1.60. The molecule has 7 heteroatoms. The molecule has 0 aromatic heterocycles. The summed E-state index contributed by atoms with van der Waals surface area (Å²) in [5.41, 5.74) is 1.95. The number of aryl methyl sites for hydroxylation is 1. The molecule has 3 rings (SSSR count). The van der Waals surface area contributed by atoms with Crippen molar-refractivity contribution in [1.29, 1.82) is 0 Å². The number of methoxy groups -OCH3 is 1. The SMILES string of the molecule is COc1ccc(C)cc1N1CC(C(=O)NCC2(C)CCNCC2)CC1=O.Cl. The Kier molecular flexibility index (Phi) is 7.12. The summed E-state index contributed by atoms with van der Waals surface area (Å²) in [6.45, 7) is 7.27. The molecule has 1 unspecified atom stereocenters.